The number of nitriles is 1. The van der Waals surface area contributed by atoms with Gasteiger partial charge >= 0.3 is 0 Å². The second-order valence-corrected chi connectivity index (χ2v) is 4.03. The van der Waals surface area contributed by atoms with E-state index in [1.165, 1.54) is 0 Å². The van der Waals surface area contributed by atoms with Crippen molar-refractivity contribution in [2.45, 2.75) is 12.2 Å². The van der Waals surface area contributed by atoms with E-state index in [-0.39, 0.29) is 0 Å². The van der Waals surface area contributed by atoms with Crippen LogP contribution in [0, 0.1) is 11.3 Å². The van der Waals surface area contributed by atoms with Gasteiger partial charge in [-0.3, -0.25) is 0 Å². The molecule has 0 radical (unpaired) electrons. The zero-order valence-electron chi connectivity index (χ0n) is 9.69. The summed E-state index contributed by atoms with van der Waals surface area (Å²) >= 11 is 0. The number of hydrogen-bond acceptors (Lipinski definition) is 3. The van der Waals surface area contributed by atoms with E-state index >= 15 is 0 Å². The van der Waals surface area contributed by atoms with Crippen molar-refractivity contribution in [1.82, 2.24) is 0 Å². The molecule has 0 amide bonds. The number of aliphatic hydroxyl groups excluding tert-OH is 2. The second-order valence-electron chi connectivity index (χ2n) is 4.03. The lowest BCUT2D eigenvalue weighted by Crippen LogP contribution is -2.10. The highest BCUT2D eigenvalue weighted by Crippen LogP contribution is 2.28. The monoisotopic (exact) mass is 239 g/mol. The van der Waals surface area contributed by atoms with Crippen LogP contribution in [-0.2, 0) is 0 Å². The Hall–Kier alpha value is -2.15. The van der Waals surface area contributed by atoms with Crippen LogP contribution in [0.25, 0.3) is 0 Å². The molecule has 2 rings (SSSR count). The number of benzene rings is 2. The predicted molar refractivity (Wildman–Crippen MR) is 67.5 cm³/mol. The van der Waals surface area contributed by atoms with Gasteiger partial charge in [-0.25, -0.2) is 0 Å². The summed E-state index contributed by atoms with van der Waals surface area (Å²) < 4.78 is 0. The van der Waals surface area contributed by atoms with Gasteiger partial charge in [0.1, 0.15) is 12.2 Å². The molecule has 0 saturated heterocycles. The van der Waals surface area contributed by atoms with Crippen LogP contribution >= 0.6 is 0 Å². The predicted octanol–water partition coefficient (Wildman–Crippen LogP) is 2.33. The maximum Gasteiger partial charge on any atom is 0.109 e. The van der Waals surface area contributed by atoms with Crippen LogP contribution in [0.4, 0.5) is 0 Å². The molecule has 0 spiro atoms. The lowest BCUT2D eigenvalue weighted by atomic mass is 9.98. The van der Waals surface area contributed by atoms with Crippen molar-refractivity contribution < 1.29 is 10.2 Å². The van der Waals surface area contributed by atoms with Crippen LogP contribution in [-0.4, -0.2) is 10.2 Å². The standard InChI is InChI=1S/C15H13NO2/c16-10-11-6-8-13(9-7-11)15(18)14(17)12-4-2-1-3-5-12/h1-9,14-15,17-18H. The van der Waals surface area contributed by atoms with Crippen molar-refractivity contribution in [3.05, 3.63) is 71.3 Å². The summed E-state index contributed by atoms with van der Waals surface area (Å²) in [6.07, 6.45) is -1.97. The van der Waals surface area contributed by atoms with Crippen molar-refractivity contribution in [1.29, 1.82) is 5.26 Å². The normalized spacial score (nSPS) is 13.6. The molecule has 2 unspecified atom stereocenters. The van der Waals surface area contributed by atoms with E-state index in [1.807, 2.05) is 24.3 Å². The molecule has 2 N–H and O–H groups in total. The highest BCUT2D eigenvalue weighted by molar-refractivity contribution is 5.33. The lowest BCUT2D eigenvalue weighted by molar-refractivity contribution is 0.0172. The Balaban J connectivity index is 2.20. The van der Waals surface area contributed by atoms with E-state index in [1.54, 1.807) is 36.4 Å². The van der Waals surface area contributed by atoms with E-state index < -0.39 is 12.2 Å². The van der Waals surface area contributed by atoms with Crippen molar-refractivity contribution in [2.75, 3.05) is 0 Å². The summed E-state index contributed by atoms with van der Waals surface area (Å²) in [4.78, 5) is 0. The number of rotatable bonds is 3. The van der Waals surface area contributed by atoms with Crippen LogP contribution in [0.15, 0.2) is 54.6 Å². The minimum absolute atomic E-state index is 0.528. The minimum atomic E-state index is -1.000. The molecule has 0 bridgehead atoms. The molecule has 3 heteroatoms. The first-order valence-electron chi connectivity index (χ1n) is 5.63. The maximum absolute atomic E-state index is 10.1. The molecule has 2 aromatic carbocycles. The fourth-order valence-electron chi connectivity index (χ4n) is 1.77. The van der Waals surface area contributed by atoms with Gasteiger partial charge in [0.25, 0.3) is 0 Å². The van der Waals surface area contributed by atoms with Gasteiger partial charge in [-0.05, 0) is 23.3 Å². The highest BCUT2D eigenvalue weighted by atomic mass is 16.3. The van der Waals surface area contributed by atoms with Gasteiger partial charge in [0, 0.05) is 0 Å². The largest absolute Gasteiger partial charge is 0.385 e. The van der Waals surface area contributed by atoms with Crippen LogP contribution < -0.4 is 0 Å². The second kappa shape index (κ2) is 5.46. The van der Waals surface area contributed by atoms with E-state index in [4.69, 9.17) is 5.26 Å². The quantitative estimate of drug-likeness (QED) is 0.864. The average Bonchev–Trinajstić information content (AvgIpc) is 2.47. The Bertz CT molecular complexity index is 543. The summed E-state index contributed by atoms with van der Waals surface area (Å²) in [7, 11) is 0. The summed E-state index contributed by atoms with van der Waals surface area (Å²) in [5, 5.41) is 28.8. The summed E-state index contributed by atoms with van der Waals surface area (Å²) in [5.74, 6) is 0. The third-order valence-electron chi connectivity index (χ3n) is 2.82. The van der Waals surface area contributed by atoms with Gasteiger partial charge in [0.2, 0.25) is 0 Å². The fourth-order valence-corrected chi connectivity index (χ4v) is 1.77. The Kier molecular flexibility index (Phi) is 3.73. The van der Waals surface area contributed by atoms with Crippen LogP contribution in [0.2, 0.25) is 0 Å². The smallest absolute Gasteiger partial charge is 0.109 e. The first-order valence-corrected chi connectivity index (χ1v) is 5.63. The van der Waals surface area contributed by atoms with Gasteiger partial charge in [0.15, 0.2) is 0 Å². The molecule has 0 aliphatic carbocycles. The van der Waals surface area contributed by atoms with E-state index in [0.717, 1.165) is 0 Å². The van der Waals surface area contributed by atoms with Crippen LogP contribution in [0.5, 0.6) is 0 Å². The topological polar surface area (TPSA) is 64.2 Å². The third kappa shape index (κ3) is 2.57. The van der Waals surface area contributed by atoms with Crippen molar-refractivity contribution >= 4 is 0 Å². The Morgan fingerprint density at radius 1 is 0.778 bits per heavy atom. The summed E-state index contributed by atoms with van der Waals surface area (Å²) in [6.45, 7) is 0. The molecule has 0 fully saturated rings. The Morgan fingerprint density at radius 3 is 1.78 bits per heavy atom. The SMILES string of the molecule is N#Cc1ccc(C(O)C(O)c2ccccc2)cc1. The van der Waals surface area contributed by atoms with Gasteiger partial charge in [-0.15, -0.1) is 0 Å². The summed E-state index contributed by atoms with van der Waals surface area (Å²) in [6, 6.07) is 17.5. The molecule has 18 heavy (non-hydrogen) atoms. The zero-order chi connectivity index (χ0) is 13.0. The van der Waals surface area contributed by atoms with E-state index in [2.05, 4.69) is 0 Å². The van der Waals surface area contributed by atoms with Crippen molar-refractivity contribution in [2.24, 2.45) is 0 Å². The zero-order valence-corrected chi connectivity index (χ0v) is 9.69. The van der Waals surface area contributed by atoms with Crippen LogP contribution in [0.3, 0.4) is 0 Å². The van der Waals surface area contributed by atoms with E-state index in [9.17, 15) is 10.2 Å². The fraction of sp³-hybridized carbons (Fsp3) is 0.133. The molecule has 0 saturated carbocycles. The first-order chi connectivity index (χ1) is 8.72. The Labute approximate surface area is 106 Å². The molecule has 0 heterocycles. The van der Waals surface area contributed by atoms with Crippen LogP contribution in [0.1, 0.15) is 28.9 Å². The first kappa shape index (κ1) is 12.3. The molecule has 0 aliphatic rings. The molecule has 90 valence electrons. The molecule has 2 atom stereocenters. The molecular weight excluding hydrogens is 226 g/mol. The Morgan fingerprint density at radius 2 is 1.28 bits per heavy atom. The average molecular weight is 239 g/mol. The van der Waals surface area contributed by atoms with Gasteiger partial charge < -0.3 is 10.2 Å². The summed E-state index contributed by atoms with van der Waals surface area (Å²) in [5.41, 5.74) is 1.78. The molecule has 3 nitrogen and oxygen atoms in total. The molecule has 2 aromatic rings. The third-order valence-corrected chi connectivity index (χ3v) is 2.82. The molecule has 0 aliphatic heterocycles. The molecule has 0 aromatic heterocycles. The van der Waals surface area contributed by atoms with Gasteiger partial charge in [-0.2, -0.15) is 5.26 Å². The minimum Gasteiger partial charge on any atom is -0.385 e. The van der Waals surface area contributed by atoms with E-state index in [0.29, 0.717) is 16.7 Å². The number of nitrogens with zero attached hydrogens (tertiary/aromatic N) is 1. The highest BCUT2D eigenvalue weighted by Gasteiger charge is 2.19. The van der Waals surface area contributed by atoms with Gasteiger partial charge in [0.05, 0.1) is 11.6 Å². The lowest BCUT2D eigenvalue weighted by Gasteiger charge is -2.18. The number of hydrogen-bond donors (Lipinski definition) is 2. The molecular formula is C15H13NO2. The maximum atomic E-state index is 10.1. The van der Waals surface area contributed by atoms with Crippen molar-refractivity contribution in [3.63, 3.8) is 0 Å². The van der Waals surface area contributed by atoms with Crippen molar-refractivity contribution in [3.8, 4) is 6.07 Å². The number of aliphatic hydroxyl groups is 2. The van der Waals surface area contributed by atoms with Gasteiger partial charge in [-0.1, -0.05) is 42.5 Å².